The maximum Gasteiger partial charge on any atom is 0.321 e. The number of carbonyl (C=O) groups excluding carboxylic acids is 2. The molecule has 2 amide bonds. The summed E-state index contributed by atoms with van der Waals surface area (Å²) in [4.78, 5) is 25.8. The van der Waals surface area contributed by atoms with E-state index in [1.807, 2.05) is 0 Å². The highest BCUT2D eigenvalue weighted by atomic mass is 19.1. The number of methoxy groups -OCH3 is 1. The van der Waals surface area contributed by atoms with Crippen LogP contribution in [0.3, 0.4) is 0 Å². The van der Waals surface area contributed by atoms with Crippen LogP contribution in [0, 0.1) is 5.82 Å². The number of likely N-dealkylation sites (tertiary alicyclic amines) is 1. The van der Waals surface area contributed by atoms with Gasteiger partial charge in [-0.25, -0.2) is 9.18 Å². The Morgan fingerprint density at radius 1 is 1.17 bits per heavy atom. The molecular weight excluding hydrogens is 379 g/mol. The van der Waals surface area contributed by atoms with E-state index in [2.05, 4.69) is 10.1 Å². The van der Waals surface area contributed by atoms with Crippen LogP contribution in [0.2, 0.25) is 0 Å². The summed E-state index contributed by atoms with van der Waals surface area (Å²) in [5.74, 6) is -0.887. The van der Waals surface area contributed by atoms with Crippen LogP contribution in [-0.4, -0.2) is 47.3 Å². The summed E-state index contributed by atoms with van der Waals surface area (Å²) in [5, 5.41) is 22.1. The van der Waals surface area contributed by atoms with E-state index in [0.29, 0.717) is 31.5 Å². The number of esters is 1. The molecule has 0 unspecified atom stereocenters. The second-order valence-corrected chi connectivity index (χ2v) is 6.99. The van der Waals surface area contributed by atoms with Crippen LogP contribution in [0.25, 0.3) is 0 Å². The van der Waals surface area contributed by atoms with Gasteiger partial charge in [-0.3, -0.25) is 4.79 Å². The molecular formula is C21H23FN2O5. The molecule has 0 aliphatic carbocycles. The number of nitrogens with zero attached hydrogens (tertiary/aromatic N) is 1. The topological polar surface area (TPSA) is 99.1 Å². The molecule has 8 heteroatoms. The van der Waals surface area contributed by atoms with Gasteiger partial charge >= 0.3 is 12.0 Å². The number of ether oxygens (including phenoxy) is 1. The lowest BCUT2D eigenvalue weighted by atomic mass is 9.89. The molecule has 0 radical (unpaired) electrons. The number of urea groups is 1. The first-order valence-corrected chi connectivity index (χ1v) is 9.30. The predicted molar refractivity (Wildman–Crippen MR) is 104 cm³/mol. The number of benzene rings is 2. The minimum absolute atomic E-state index is 0.000848. The van der Waals surface area contributed by atoms with Crippen molar-refractivity contribution < 1.29 is 28.9 Å². The monoisotopic (exact) mass is 402 g/mol. The third kappa shape index (κ3) is 4.96. The van der Waals surface area contributed by atoms with Crippen LogP contribution in [0.15, 0.2) is 36.4 Å². The van der Waals surface area contributed by atoms with E-state index in [1.54, 1.807) is 11.0 Å². The van der Waals surface area contributed by atoms with Crippen molar-refractivity contribution in [2.45, 2.75) is 25.2 Å². The Labute approximate surface area is 167 Å². The summed E-state index contributed by atoms with van der Waals surface area (Å²) in [6.45, 7) is 0.914. The van der Waals surface area contributed by atoms with Gasteiger partial charge in [0.05, 0.1) is 13.5 Å². The summed E-state index contributed by atoms with van der Waals surface area (Å²) >= 11 is 0. The Kier molecular flexibility index (Phi) is 6.21. The molecule has 29 heavy (non-hydrogen) atoms. The number of halogens is 1. The first-order valence-electron chi connectivity index (χ1n) is 9.30. The van der Waals surface area contributed by atoms with Gasteiger partial charge in [0.15, 0.2) is 0 Å². The fraction of sp³-hybridized carbons (Fsp3) is 0.333. The van der Waals surface area contributed by atoms with Crippen LogP contribution in [-0.2, 0) is 16.0 Å². The number of aromatic hydroxyl groups is 2. The lowest BCUT2D eigenvalue weighted by Gasteiger charge is -2.32. The maximum atomic E-state index is 13.6. The zero-order valence-electron chi connectivity index (χ0n) is 16.0. The van der Waals surface area contributed by atoms with Crippen molar-refractivity contribution in [1.29, 1.82) is 0 Å². The summed E-state index contributed by atoms with van der Waals surface area (Å²) in [7, 11) is 1.26. The number of hydrogen-bond acceptors (Lipinski definition) is 5. The Balaban J connectivity index is 1.64. The van der Waals surface area contributed by atoms with Gasteiger partial charge in [0.1, 0.15) is 17.3 Å². The summed E-state index contributed by atoms with van der Waals surface area (Å²) in [6, 6.07) is 8.00. The smallest absolute Gasteiger partial charge is 0.321 e. The van der Waals surface area contributed by atoms with Gasteiger partial charge < -0.3 is 25.2 Å². The molecule has 1 fully saturated rings. The van der Waals surface area contributed by atoms with Crippen molar-refractivity contribution in [1.82, 2.24) is 4.90 Å². The highest BCUT2D eigenvalue weighted by Gasteiger charge is 2.26. The fourth-order valence-electron chi connectivity index (χ4n) is 3.51. The Bertz CT molecular complexity index is 910. The predicted octanol–water partition coefficient (Wildman–Crippen LogP) is 3.36. The number of amides is 2. The summed E-state index contributed by atoms with van der Waals surface area (Å²) < 4.78 is 18.3. The van der Waals surface area contributed by atoms with Crippen LogP contribution in [0.1, 0.15) is 29.9 Å². The van der Waals surface area contributed by atoms with Crippen LogP contribution >= 0.6 is 0 Å². The van der Waals surface area contributed by atoms with E-state index in [9.17, 15) is 24.2 Å². The highest BCUT2D eigenvalue weighted by Crippen LogP contribution is 2.35. The first-order chi connectivity index (χ1) is 13.9. The van der Waals surface area contributed by atoms with Gasteiger partial charge in [-0.15, -0.1) is 0 Å². The zero-order valence-corrected chi connectivity index (χ0v) is 16.0. The number of rotatable bonds is 4. The first kappa shape index (κ1) is 20.4. The number of piperidine rings is 1. The number of carbonyl (C=O) groups is 2. The van der Waals surface area contributed by atoms with Crippen molar-refractivity contribution in [3.05, 3.63) is 53.3 Å². The number of phenols is 2. The molecule has 1 aliphatic rings. The average Bonchev–Trinajstić information content (AvgIpc) is 2.70. The molecule has 0 spiro atoms. The molecule has 3 rings (SSSR count). The second-order valence-electron chi connectivity index (χ2n) is 6.99. The standard InChI is InChI=1S/C21H23FN2O5/c1-29-20(27)10-14-2-3-15(22)11-18(14)23-21(28)24-8-6-13(7-9-24)17-5-4-16(25)12-19(17)26/h2-5,11-13,25-26H,6-10H2,1H3,(H,23,28). The minimum Gasteiger partial charge on any atom is -0.508 e. The number of nitrogens with one attached hydrogen (secondary N) is 1. The third-order valence-corrected chi connectivity index (χ3v) is 5.11. The SMILES string of the molecule is COC(=O)Cc1ccc(F)cc1NC(=O)N1CCC(c2ccc(O)cc2O)CC1. The van der Waals surface area contributed by atoms with E-state index in [0.717, 1.165) is 5.56 Å². The van der Waals surface area contributed by atoms with Crippen molar-refractivity contribution >= 4 is 17.7 Å². The number of phenolic OH excluding ortho intramolecular Hbond substituents is 2. The Morgan fingerprint density at radius 3 is 2.55 bits per heavy atom. The van der Waals surface area contributed by atoms with Crippen molar-refractivity contribution in [2.75, 3.05) is 25.5 Å². The Morgan fingerprint density at radius 2 is 1.90 bits per heavy atom. The quantitative estimate of drug-likeness (QED) is 0.681. The van der Waals surface area contributed by atoms with Crippen LogP contribution < -0.4 is 5.32 Å². The molecule has 0 bridgehead atoms. The van der Waals surface area contributed by atoms with E-state index >= 15 is 0 Å². The normalized spacial score (nSPS) is 14.5. The van der Waals surface area contributed by atoms with Gasteiger partial charge in [0.2, 0.25) is 0 Å². The molecule has 7 nitrogen and oxygen atoms in total. The van der Waals surface area contributed by atoms with Crippen LogP contribution in [0.4, 0.5) is 14.9 Å². The lowest BCUT2D eigenvalue weighted by molar-refractivity contribution is -0.139. The molecule has 0 aromatic heterocycles. The largest absolute Gasteiger partial charge is 0.508 e. The highest BCUT2D eigenvalue weighted by molar-refractivity contribution is 5.91. The zero-order chi connectivity index (χ0) is 21.0. The van der Waals surface area contributed by atoms with Crippen molar-refractivity contribution in [2.24, 2.45) is 0 Å². The van der Waals surface area contributed by atoms with E-state index in [-0.39, 0.29) is 35.6 Å². The number of anilines is 1. The van der Waals surface area contributed by atoms with Crippen molar-refractivity contribution in [3.63, 3.8) is 0 Å². The molecule has 3 N–H and O–H groups in total. The fourth-order valence-corrected chi connectivity index (χ4v) is 3.51. The Hall–Kier alpha value is -3.29. The van der Waals surface area contributed by atoms with E-state index < -0.39 is 11.8 Å². The molecule has 2 aromatic carbocycles. The number of hydrogen-bond donors (Lipinski definition) is 3. The summed E-state index contributed by atoms with van der Waals surface area (Å²) in [5.41, 5.74) is 1.45. The molecule has 154 valence electrons. The lowest BCUT2D eigenvalue weighted by Crippen LogP contribution is -2.40. The third-order valence-electron chi connectivity index (χ3n) is 5.11. The van der Waals surface area contributed by atoms with Crippen LogP contribution in [0.5, 0.6) is 11.5 Å². The van der Waals surface area contributed by atoms with Gasteiger partial charge in [-0.2, -0.15) is 0 Å². The molecule has 0 atom stereocenters. The average molecular weight is 402 g/mol. The molecule has 1 saturated heterocycles. The molecule has 0 saturated carbocycles. The van der Waals surface area contributed by atoms with E-state index in [1.165, 1.54) is 37.4 Å². The van der Waals surface area contributed by atoms with Gasteiger partial charge in [0, 0.05) is 24.8 Å². The van der Waals surface area contributed by atoms with Gasteiger partial charge in [-0.1, -0.05) is 12.1 Å². The second kappa shape index (κ2) is 8.81. The van der Waals surface area contributed by atoms with E-state index in [4.69, 9.17) is 0 Å². The molecule has 2 aromatic rings. The molecule has 1 heterocycles. The maximum absolute atomic E-state index is 13.6. The van der Waals surface area contributed by atoms with Gasteiger partial charge in [-0.05, 0) is 48.1 Å². The summed E-state index contributed by atoms with van der Waals surface area (Å²) in [6.07, 6.45) is 1.21. The van der Waals surface area contributed by atoms with Gasteiger partial charge in [0.25, 0.3) is 0 Å². The van der Waals surface area contributed by atoms with Crippen molar-refractivity contribution in [3.8, 4) is 11.5 Å². The molecule has 1 aliphatic heterocycles. The minimum atomic E-state index is -0.518.